The topological polar surface area (TPSA) is 70.2 Å². The SMILES string of the molecule is CNCCC(=O)NC(Cc1ccccc1)C(=O)Nc1ccccc1. The molecule has 126 valence electrons. The van der Waals surface area contributed by atoms with E-state index in [0.717, 1.165) is 5.56 Å². The number of amides is 2. The number of hydrogen-bond donors (Lipinski definition) is 3. The molecule has 0 heterocycles. The summed E-state index contributed by atoms with van der Waals surface area (Å²) in [7, 11) is 1.79. The molecule has 2 amide bonds. The fraction of sp³-hybridized carbons (Fsp3) is 0.263. The molecular weight excluding hydrogens is 302 g/mol. The van der Waals surface area contributed by atoms with Gasteiger partial charge in [-0.15, -0.1) is 0 Å². The number of carbonyl (C=O) groups is 2. The van der Waals surface area contributed by atoms with Crippen LogP contribution in [0, 0.1) is 0 Å². The first kappa shape index (κ1) is 17.7. The third-order valence-electron chi connectivity index (χ3n) is 3.58. The highest BCUT2D eigenvalue weighted by molar-refractivity contribution is 5.97. The second kappa shape index (κ2) is 9.47. The molecule has 0 radical (unpaired) electrons. The lowest BCUT2D eigenvalue weighted by Gasteiger charge is -2.19. The Hall–Kier alpha value is -2.66. The highest BCUT2D eigenvalue weighted by atomic mass is 16.2. The van der Waals surface area contributed by atoms with Gasteiger partial charge in [0.15, 0.2) is 0 Å². The van der Waals surface area contributed by atoms with Crippen molar-refractivity contribution in [3.8, 4) is 0 Å². The highest BCUT2D eigenvalue weighted by Crippen LogP contribution is 2.09. The van der Waals surface area contributed by atoms with Gasteiger partial charge in [-0.3, -0.25) is 9.59 Å². The van der Waals surface area contributed by atoms with E-state index in [1.807, 2.05) is 60.7 Å². The maximum Gasteiger partial charge on any atom is 0.247 e. The number of carbonyl (C=O) groups excluding carboxylic acids is 2. The molecule has 0 saturated heterocycles. The largest absolute Gasteiger partial charge is 0.344 e. The smallest absolute Gasteiger partial charge is 0.247 e. The van der Waals surface area contributed by atoms with E-state index in [1.165, 1.54) is 0 Å². The zero-order valence-electron chi connectivity index (χ0n) is 13.8. The summed E-state index contributed by atoms with van der Waals surface area (Å²) in [4.78, 5) is 24.6. The van der Waals surface area contributed by atoms with Gasteiger partial charge in [-0.2, -0.15) is 0 Å². The van der Waals surface area contributed by atoms with Gasteiger partial charge >= 0.3 is 0 Å². The number of benzene rings is 2. The monoisotopic (exact) mass is 325 g/mol. The molecule has 0 aliphatic rings. The van der Waals surface area contributed by atoms with Crippen LogP contribution in [0.5, 0.6) is 0 Å². The summed E-state index contributed by atoms with van der Waals surface area (Å²) in [5.41, 5.74) is 1.71. The average Bonchev–Trinajstić information content (AvgIpc) is 2.61. The first-order valence-corrected chi connectivity index (χ1v) is 8.03. The summed E-state index contributed by atoms with van der Waals surface area (Å²) in [5, 5.41) is 8.61. The van der Waals surface area contributed by atoms with Crippen molar-refractivity contribution in [2.45, 2.75) is 18.9 Å². The zero-order chi connectivity index (χ0) is 17.2. The van der Waals surface area contributed by atoms with Crippen LogP contribution in [0.2, 0.25) is 0 Å². The van der Waals surface area contributed by atoms with Crippen molar-refractivity contribution in [2.75, 3.05) is 18.9 Å². The minimum absolute atomic E-state index is 0.145. The maximum atomic E-state index is 12.6. The van der Waals surface area contributed by atoms with Crippen molar-refractivity contribution < 1.29 is 9.59 Å². The van der Waals surface area contributed by atoms with Crippen molar-refractivity contribution in [2.24, 2.45) is 0 Å². The van der Waals surface area contributed by atoms with Gasteiger partial charge in [0.1, 0.15) is 6.04 Å². The van der Waals surface area contributed by atoms with Gasteiger partial charge in [-0.1, -0.05) is 48.5 Å². The molecule has 0 bridgehead atoms. The lowest BCUT2D eigenvalue weighted by Crippen LogP contribution is -2.45. The van der Waals surface area contributed by atoms with Crippen LogP contribution in [-0.4, -0.2) is 31.4 Å². The van der Waals surface area contributed by atoms with E-state index in [4.69, 9.17) is 0 Å². The van der Waals surface area contributed by atoms with E-state index in [-0.39, 0.29) is 11.8 Å². The van der Waals surface area contributed by atoms with Crippen LogP contribution < -0.4 is 16.0 Å². The van der Waals surface area contributed by atoms with Gasteiger partial charge in [-0.25, -0.2) is 0 Å². The Labute approximate surface area is 142 Å². The summed E-state index contributed by atoms with van der Waals surface area (Å²) in [5.74, 6) is -0.364. The van der Waals surface area contributed by atoms with E-state index in [1.54, 1.807) is 7.05 Å². The zero-order valence-corrected chi connectivity index (χ0v) is 13.8. The van der Waals surface area contributed by atoms with Gasteiger partial charge < -0.3 is 16.0 Å². The van der Waals surface area contributed by atoms with Crippen LogP contribution in [0.3, 0.4) is 0 Å². The molecule has 0 saturated carbocycles. The van der Waals surface area contributed by atoms with Crippen molar-refractivity contribution >= 4 is 17.5 Å². The number of anilines is 1. The maximum absolute atomic E-state index is 12.6. The lowest BCUT2D eigenvalue weighted by atomic mass is 10.0. The molecular formula is C19H23N3O2. The molecule has 2 aromatic carbocycles. The summed E-state index contributed by atoms with van der Waals surface area (Å²) < 4.78 is 0. The third kappa shape index (κ3) is 5.85. The highest BCUT2D eigenvalue weighted by Gasteiger charge is 2.21. The van der Waals surface area contributed by atoms with E-state index in [2.05, 4.69) is 16.0 Å². The van der Waals surface area contributed by atoms with Gasteiger partial charge in [0.2, 0.25) is 11.8 Å². The number of rotatable bonds is 8. The number of hydrogen-bond acceptors (Lipinski definition) is 3. The predicted molar refractivity (Wildman–Crippen MR) is 95.7 cm³/mol. The number of para-hydroxylation sites is 1. The average molecular weight is 325 g/mol. The molecule has 0 aliphatic carbocycles. The van der Waals surface area contributed by atoms with Crippen LogP contribution in [0.1, 0.15) is 12.0 Å². The summed E-state index contributed by atoms with van der Waals surface area (Å²) in [6.45, 7) is 0.574. The van der Waals surface area contributed by atoms with Crippen LogP contribution >= 0.6 is 0 Å². The van der Waals surface area contributed by atoms with Crippen molar-refractivity contribution in [3.05, 3.63) is 66.2 Å². The molecule has 5 heteroatoms. The summed E-state index contributed by atoms with van der Waals surface area (Å²) >= 11 is 0. The van der Waals surface area contributed by atoms with E-state index < -0.39 is 6.04 Å². The Balaban J connectivity index is 2.06. The molecule has 2 rings (SSSR count). The molecule has 2 aromatic rings. The van der Waals surface area contributed by atoms with Gasteiger partial charge in [0.25, 0.3) is 0 Å². The third-order valence-corrected chi connectivity index (χ3v) is 3.58. The molecule has 0 spiro atoms. The minimum Gasteiger partial charge on any atom is -0.344 e. The molecule has 5 nitrogen and oxygen atoms in total. The van der Waals surface area contributed by atoms with Gasteiger partial charge in [0, 0.05) is 25.1 Å². The van der Waals surface area contributed by atoms with Gasteiger partial charge in [-0.05, 0) is 24.7 Å². The molecule has 0 fully saturated rings. The minimum atomic E-state index is -0.614. The molecule has 1 unspecified atom stereocenters. The molecule has 24 heavy (non-hydrogen) atoms. The number of nitrogens with one attached hydrogen (secondary N) is 3. The van der Waals surface area contributed by atoms with E-state index >= 15 is 0 Å². The molecule has 0 aromatic heterocycles. The van der Waals surface area contributed by atoms with E-state index in [9.17, 15) is 9.59 Å². The molecule has 0 aliphatic heterocycles. The van der Waals surface area contributed by atoms with Crippen LogP contribution in [0.15, 0.2) is 60.7 Å². The quantitative estimate of drug-likeness (QED) is 0.695. The first-order valence-electron chi connectivity index (χ1n) is 8.03. The fourth-order valence-corrected chi connectivity index (χ4v) is 2.31. The lowest BCUT2D eigenvalue weighted by molar-refractivity contribution is -0.126. The van der Waals surface area contributed by atoms with Gasteiger partial charge in [0.05, 0.1) is 0 Å². The Morgan fingerprint density at radius 2 is 1.58 bits per heavy atom. The molecule has 3 N–H and O–H groups in total. The van der Waals surface area contributed by atoms with Crippen LogP contribution in [0.4, 0.5) is 5.69 Å². The Kier molecular flexibility index (Phi) is 6.98. The van der Waals surface area contributed by atoms with Crippen LogP contribution in [0.25, 0.3) is 0 Å². The van der Waals surface area contributed by atoms with Crippen molar-refractivity contribution in [3.63, 3.8) is 0 Å². The Morgan fingerprint density at radius 1 is 0.958 bits per heavy atom. The van der Waals surface area contributed by atoms with Crippen molar-refractivity contribution in [1.29, 1.82) is 0 Å². The van der Waals surface area contributed by atoms with Crippen molar-refractivity contribution in [1.82, 2.24) is 10.6 Å². The summed E-state index contributed by atoms with van der Waals surface area (Å²) in [6, 6.07) is 18.3. The van der Waals surface area contributed by atoms with Crippen LogP contribution in [-0.2, 0) is 16.0 Å². The first-order chi connectivity index (χ1) is 11.7. The molecule has 1 atom stereocenters. The Morgan fingerprint density at radius 3 is 2.21 bits per heavy atom. The normalized spacial score (nSPS) is 11.5. The summed E-state index contributed by atoms with van der Waals surface area (Å²) in [6.07, 6.45) is 0.783. The fourth-order valence-electron chi connectivity index (χ4n) is 2.31. The predicted octanol–water partition coefficient (Wildman–Crippen LogP) is 1.96. The van der Waals surface area contributed by atoms with E-state index in [0.29, 0.717) is 25.1 Å². The second-order valence-electron chi connectivity index (χ2n) is 5.52. The second-order valence-corrected chi connectivity index (χ2v) is 5.52. The Bertz CT molecular complexity index is 644. The standard InChI is InChI=1S/C19H23N3O2/c1-20-13-12-18(23)22-17(14-15-8-4-2-5-9-15)19(24)21-16-10-6-3-7-11-16/h2-11,17,20H,12-14H2,1H3,(H,21,24)(H,22,23).